The number of carbonyl (C=O) groups excluding carboxylic acids is 2. The molecule has 156 valence electrons. The molecule has 9 heteroatoms. The van der Waals surface area contributed by atoms with Crippen LogP contribution >= 0.6 is 0 Å². The van der Waals surface area contributed by atoms with Gasteiger partial charge in [-0.15, -0.1) is 0 Å². The molecule has 1 heterocycles. The lowest BCUT2D eigenvalue weighted by molar-refractivity contribution is 0.0936. The average molecular weight is 430 g/mol. The zero-order valence-corrected chi connectivity index (χ0v) is 16.9. The molecule has 3 rings (SSSR count). The smallest absolute Gasteiger partial charge is 0.268 e. The molecule has 2 aromatic carbocycles. The summed E-state index contributed by atoms with van der Waals surface area (Å²) in [7, 11) is -2.72. The highest BCUT2D eigenvalue weighted by Gasteiger charge is 2.24. The molecule has 7 nitrogen and oxygen atoms in total. The van der Waals surface area contributed by atoms with Gasteiger partial charge in [-0.25, -0.2) is 16.8 Å². The monoisotopic (exact) mass is 430 g/mol. The number of hydrogen-bond donors (Lipinski definition) is 1. The number of nitrogens with zero attached hydrogens (tertiary/aromatic N) is 1. The van der Waals surface area contributed by atoms with E-state index < -0.39 is 21.7 Å². The molecule has 0 aliphatic carbocycles. The Morgan fingerprint density at radius 1 is 1.17 bits per heavy atom. The zero-order chi connectivity index (χ0) is 21.7. The molecule has 1 aromatic heterocycles. The summed E-state index contributed by atoms with van der Waals surface area (Å²) in [6, 6.07) is 12.4. The fourth-order valence-electron chi connectivity index (χ4n) is 2.87. The number of benzene rings is 2. The van der Waals surface area contributed by atoms with Gasteiger partial charge in [0, 0.05) is 36.5 Å². The van der Waals surface area contributed by atoms with E-state index in [0.717, 1.165) is 10.2 Å². The van der Waals surface area contributed by atoms with Gasteiger partial charge in [0.1, 0.15) is 5.82 Å². The summed E-state index contributed by atoms with van der Waals surface area (Å²) >= 11 is 0. The molecule has 0 aliphatic heterocycles. The Hall–Kier alpha value is -3.30. The molecule has 0 unspecified atom stereocenters. The van der Waals surface area contributed by atoms with Crippen LogP contribution in [0.1, 0.15) is 20.7 Å². The van der Waals surface area contributed by atoms with Crippen molar-refractivity contribution in [2.75, 3.05) is 20.3 Å². The van der Waals surface area contributed by atoms with Gasteiger partial charge in [-0.2, -0.15) is 0 Å². The van der Waals surface area contributed by atoms with Crippen molar-refractivity contribution in [2.24, 2.45) is 0 Å². The Kier molecular flexibility index (Phi) is 6.43. The van der Waals surface area contributed by atoms with Crippen molar-refractivity contribution in [1.82, 2.24) is 9.29 Å². The third-order valence-electron chi connectivity index (χ3n) is 4.34. The van der Waals surface area contributed by atoms with Crippen molar-refractivity contribution in [2.45, 2.75) is 4.90 Å². The van der Waals surface area contributed by atoms with Crippen LogP contribution in [-0.4, -0.2) is 44.8 Å². The zero-order valence-electron chi connectivity index (χ0n) is 16.0. The SMILES string of the molecule is COCCNC(=O)c1cccc(S(=O)(=O)n2cc(C=O)cc2-c2ccccc2F)c1. The second-order valence-corrected chi connectivity index (χ2v) is 8.15. The molecule has 0 radical (unpaired) electrons. The number of ether oxygens (including phenoxy) is 1. The van der Waals surface area contributed by atoms with Gasteiger partial charge in [-0.05, 0) is 36.4 Å². The topological polar surface area (TPSA) is 94.5 Å². The number of nitrogens with one attached hydrogen (secondary N) is 1. The molecule has 30 heavy (non-hydrogen) atoms. The van der Waals surface area contributed by atoms with Crippen molar-refractivity contribution in [3.05, 3.63) is 77.7 Å². The van der Waals surface area contributed by atoms with Crippen LogP contribution in [0.25, 0.3) is 11.3 Å². The molecule has 0 atom stereocenters. The van der Waals surface area contributed by atoms with E-state index >= 15 is 0 Å². The van der Waals surface area contributed by atoms with Gasteiger partial charge in [-0.3, -0.25) is 9.59 Å². The third kappa shape index (κ3) is 4.32. The number of aldehydes is 1. The maximum atomic E-state index is 14.3. The van der Waals surface area contributed by atoms with Crippen LogP contribution in [0, 0.1) is 5.82 Å². The van der Waals surface area contributed by atoms with Crippen molar-refractivity contribution in [3.63, 3.8) is 0 Å². The van der Waals surface area contributed by atoms with Gasteiger partial charge in [-0.1, -0.05) is 18.2 Å². The largest absolute Gasteiger partial charge is 0.383 e. The van der Waals surface area contributed by atoms with E-state index in [9.17, 15) is 22.4 Å². The number of amides is 1. The molecule has 3 aromatic rings. The molecule has 0 saturated heterocycles. The van der Waals surface area contributed by atoms with Crippen molar-refractivity contribution in [1.29, 1.82) is 0 Å². The molecular weight excluding hydrogens is 411 g/mol. The number of methoxy groups -OCH3 is 1. The molecule has 0 spiro atoms. The average Bonchev–Trinajstić information content (AvgIpc) is 3.19. The lowest BCUT2D eigenvalue weighted by Crippen LogP contribution is -2.27. The van der Waals surface area contributed by atoms with Gasteiger partial charge in [0.05, 0.1) is 17.2 Å². The summed E-state index contributed by atoms with van der Waals surface area (Å²) < 4.78 is 46.6. The first kappa shape index (κ1) is 21.4. The maximum absolute atomic E-state index is 14.3. The summed E-state index contributed by atoms with van der Waals surface area (Å²) in [4.78, 5) is 23.3. The summed E-state index contributed by atoms with van der Waals surface area (Å²) in [6.07, 6.45) is 1.60. The van der Waals surface area contributed by atoms with E-state index in [4.69, 9.17) is 4.74 Å². The molecular formula is C21H19FN2O5S. The Bertz CT molecular complexity index is 1190. The molecule has 1 amide bonds. The van der Waals surface area contributed by atoms with E-state index in [1.807, 2.05) is 0 Å². The number of halogens is 1. The number of hydrogen-bond acceptors (Lipinski definition) is 5. The molecule has 0 bridgehead atoms. The van der Waals surface area contributed by atoms with Crippen LogP contribution < -0.4 is 5.32 Å². The van der Waals surface area contributed by atoms with Crippen LogP contribution in [0.5, 0.6) is 0 Å². The predicted octanol–water partition coefficient (Wildman–Crippen LogP) is 2.72. The highest BCUT2D eigenvalue weighted by molar-refractivity contribution is 7.90. The minimum atomic E-state index is -4.22. The summed E-state index contributed by atoms with van der Waals surface area (Å²) in [5, 5.41) is 2.61. The summed E-state index contributed by atoms with van der Waals surface area (Å²) in [5.41, 5.74) is 0.250. The number of aromatic nitrogens is 1. The summed E-state index contributed by atoms with van der Waals surface area (Å²) in [5.74, 6) is -1.09. The highest BCUT2D eigenvalue weighted by Crippen LogP contribution is 2.28. The fraction of sp³-hybridized carbons (Fsp3) is 0.143. The first-order chi connectivity index (χ1) is 14.4. The summed E-state index contributed by atoms with van der Waals surface area (Å²) in [6.45, 7) is 0.581. The van der Waals surface area contributed by atoms with Crippen LogP contribution in [0.15, 0.2) is 65.7 Å². The Labute approximate surface area is 173 Å². The van der Waals surface area contributed by atoms with Crippen LogP contribution in [0.2, 0.25) is 0 Å². The van der Waals surface area contributed by atoms with Gasteiger partial charge in [0.25, 0.3) is 15.9 Å². The Morgan fingerprint density at radius 3 is 2.63 bits per heavy atom. The lowest BCUT2D eigenvalue weighted by atomic mass is 10.1. The Morgan fingerprint density at radius 2 is 1.93 bits per heavy atom. The quantitative estimate of drug-likeness (QED) is 0.438. The van der Waals surface area contributed by atoms with E-state index in [-0.39, 0.29) is 33.8 Å². The number of rotatable bonds is 8. The van der Waals surface area contributed by atoms with E-state index in [1.54, 1.807) is 6.07 Å². The van der Waals surface area contributed by atoms with Crippen molar-refractivity contribution in [3.8, 4) is 11.3 Å². The minimum Gasteiger partial charge on any atom is -0.383 e. The van der Waals surface area contributed by atoms with Crippen molar-refractivity contribution < 1.29 is 27.1 Å². The highest BCUT2D eigenvalue weighted by atomic mass is 32.2. The van der Waals surface area contributed by atoms with Crippen LogP contribution in [0.3, 0.4) is 0 Å². The van der Waals surface area contributed by atoms with E-state index in [2.05, 4.69) is 5.32 Å². The van der Waals surface area contributed by atoms with Gasteiger partial charge in [0.2, 0.25) is 0 Å². The van der Waals surface area contributed by atoms with Crippen LogP contribution in [-0.2, 0) is 14.8 Å². The fourth-order valence-corrected chi connectivity index (χ4v) is 4.30. The normalized spacial score (nSPS) is 11.3. The second-order valence-electron chi connectivity index (χ2n) is 6.33. The standard InChI is InChI=1S/C21H19FN2O5S/c1-29-10-9-23-21(26)16-5-4-6-17(12-16)30(27,28)24-13-15(14-25)11-20(24)18-7-2-3-8-19(18)22/h2-8,11-14H,9-10H2,1H3,(H,23,26). The Balaban J connectivity index is 2.06. The molecule has 1 N–H and O–H groups in total. The second kappa shape index (κ2) is 9.02. The first-order valence-corrected chi connectivity index (χ1v) is 10.4. The maximum Gasteiger partial charge on any atom is 0.268 e. The van der Waals surface area contributed by atoms with Gasteiger partial charge >= 0.3 is 0 Å². The third-order valence-corrected chi connectivity index (χ3v) is 6.01. The minimum absolute atomic E-state index is 0.00477. The lowest BCUT2D eigenvalue weighted by Gasteiger charge is -2.12. The van der Waals surface area contributed by atoms with Gasteiger partial charge < -0.3 is 10.1 Å². The van der Waals surface area contributed by atoms with Gasteiger partial charge in [0.15, 0.2) is 6.29 Å². The molecule has 0 aliphatic rings. The first-order valence-electron chi connectivity index (χ1n) is 8.93. The predicted molar refractivity (Wildman–Crippen MR) is 108 cm³/mol. The van der Waals surface area contributed by atoms with E-state index in [0.29, 0.717) is 12.9 Å². The number of carbonyl (C=O) groups is 2. The van der Waals surface area contributed by atoms with Crippen LogP contribution in [0.4, 0.5) is 4.39 Å². The van der Waals surface area contributed by atoms with Crippen molar-refractivity contribution >= 4 is 22.2 Å². The van der Waals surface area contributed by atoms with E-state index in [1.165, 1.54) is 55.6 Å². The molecule has 0 fully saturated rings. The molecule has 0 saturated carbocycles.